The van der Waals surface area contributed by atoms with E-state index < -0.39 is 0 Å². The molecule has 0 spiro atoms. The lowest BCUT2D eigenvalue weighted by molar-refractivity contribution is -0.119. The van der Waals surface area contributed by atoms with Crippen LogP contribution >= 0.6 is 15.9 Å². The van der Waals surface area contributed by atoms with Crippen LogP contribution in [0.3, 0.4) is 0 Å². The van der Waals surface area contributed by atoms with Crippen LogP contribution in [0.5, 0.6) is 5.75 Å². The molecule has 116 valence electrons. The maximum atomic E-state index is 12.3. The number of nitrogens with one attached hydrogen (secondary N) is 1. The second-order valence-electron chi connectivity index (χ2n) is 5.96. The Labute approximate surface area is 135 Å². The molecule has 1 fully saturated rings. The number of ketones is 1. The van der Waals surface area contributed by atoms with E-state index in [2.05, 4.69) is 28.2 Å². The number of carbonyl (C=O) groups is 1. The summed E-state index contributed by atoms with van der Waals surface area (Å²) < 4.78 is 6.20. The first kappa shape index (κ1) is 16.5. The summed E-state index contributed by atoms with van der Waals surface area (Å²) in [7, 11) is 1.65. The first-order valence-corrected chi connectivity index (χ1v) is 8.44. The van der Waals surface area contributed by atoms with Gasteiger partial charge in [0, 0.05) is 17.3 Å². The highest BCUT2D eigenvalue weighted by molar-refractivity contribution is 9.10. The van der Waals surface area contributed by atoms with Gasteiger partial charge in [-0.05, 0) is 61.5 Å². The van der Waals surface area contributed by atoms with E-state index in [-0.39, 0.29) is 0 Å². The third-order valence-corrected chi connectivity index (χ3v) is 5.10. The molecular formula is C17H24BrNO2. The van der Waals surface area contributed by atoms with Gasteiger partial charge < -0.3 is 10.1 Å². The van der Waals surface area contributed by atoms with Crippen LogP contribution in [0.15, 0.2) is 22.7 Å². The van der Waals surface area contributed by atoms with Crippen LogP contribution in [0.1, 0.15) is 31.7 Å². The molecule has 3 nitrogen and oxygen atoms in total. The number of rotatable bonds is 6. The van der Waals surface area contributed by atoms with E-state index in [0.29, 0.717) is 30.5 Å². The molecule has 1 aliphatic heterocycles. The van der Waals surface area contributed by atoms with Gasteiger partial charge in [-0.2, -0.15) is 0 Å². The van der Waals surface area contributed by atoms with Crippen molar-refractivity contribution < 1.29 is 9.53 Å². The van der Waals surface area contributed by atoms with Crippen LogP contribution in [0.2, 0.25) is 0 Å². The van der Waals surface area contributed by atoms with Crippen molar-refractivity contribution in [2.45, 2.75) is 32.6 Å². The van der Waals surface area contributed by atoms with Gasteiger partial charge in [0.2, 0.25) is 0 Å². The number of piperidine rings is 1. The van der Waals surface area contributed by atoms with Crippen molar-refractivity contribution in [3.8, 4) is 5.75 Å². The molecule has 1 aliphatic rings. The standard InChI is InChI=1S/C17H24BrNO2/c1-12(13-4-3-7-19-11-13)8-15(20)9-14-10-16(21-2)5-6-17(14)18/h5-6,10,12-13,19H,3-4,7-9,11H2,1-2H3. The van der Waals surface area contributed by atoms with Crippen molar-refractivity contribution in [3.05, 3.63) is 28.2 Å². The second-order valence-corrected chi connectivity index (χ2v) is 6.81. The molecule has 1 heterocycles. The zero-order valence-corrected chi connectivity index (χ0v) is 14.4. The Balaban J connectivity index is 1.91. The molecule has 1 saturated heterocycles. The molecular weight excluding hydrogens is 330 g/mol. The van der Waals surface area contributed by atoms with Crippen molar-refractivity contribution in [2.75, 3.05) is 20.2 Å². The lowest BCUT2D eigenvalue weighted by Gasteiger charge is -2.28. The summed E-state index contributed by atoms with van der Waals surface area (Å²) in [5.41, 5.74) is 1.01. The zero-order valence-electron chi connectivity index (χ0n) is 12.8. The van der Waals surface area contributed by atoms with Crippen molar-refractivity contribution in [1.82, 2.24) is 5.32 Å². The first-order valence-electron chi connectivity index (χ1n) is 7.65. The van der Waals surface area contributed by atoms with Gasteiger partial charge >= 0.3 is 0 Å². The Morgan fingerprint density at radius 3 is 3.00 bits per heavy atom. The summed E-state index contributed by atoms with van der Waals surface area (Å²) in [6.45, 7) is 4.38. The fourth-order valence-corrected chi connectivity index (χ4v) is 3.38. The van der Waals surface area contributed by atoms with E-state index in [1.54, 1.807) is 7.11 Å². The number of ether oxygens (including phenoxy) is 1. The lowest BCUT2D eigenvalue weighted by atomic mass is 9.83. The highest BCUT2D eigenvalue weighted by atomic mass is 79.9. The number of hydrogen-bond acceptors (Lipinski definition) is 3. The average Bonchev–Trinajstić information content (AvgIpc) is 2.50. The molecule has 1 N–H and O–H groups in total. The SMILES string of the molecule is COc1ccc(Br)c(CC(=O)CC(C)C2CCCNC2)c1. The number of benzene rings is 1. The molecule has 21 heavy (non-hydrogen) atoms. The van der Waals surface area contributed by atoms with Crippen molar-refractivity contribution in [3.63, 3.8) is 0 Å². The van der Waals surface area contributed by atoms with Gasteiger partial charge in [0.1, 0.15) is 11.5 Å². The molecule has 2 rings (SSSR count). The third kappa shape index (κ3) is 4.82. The number of halogens is 1. The van der Waals surface area contributed by atoms with Crippen LogP contribution in [-0.4, -0.2) is 26.0 Å². The van der Waals surface area contributed by atoms with Crippen LogP contribution < -0.4 is 10.1 Å². The van der Waals surface area contributed by atoms with Crippen molar-refractivity contribution in [2.24, 2.45) is 11.8 Å². The monoisotopic (exact) mass is 353 g/mol. The summed E-state index contributed by atoms with van der Waals surface area (Å²) in [4.78, 5) is 12.3. The Morgan fingerprint density at radius 1 is 1.52 bits per heavy atom. The van der Waals surface area contributed by atoms with Gasteiger partial charge in [0.05, 0.1) is 7.11 Å². The maximum Gasteiger partial charge on any atom is 0.137 e. The van der Waals surface area contributed by atoms with E-state index in [9.17, 15) is 4.79 Å². The van der Waals surface area contributed by atoms with Crippen LogP contribution in [-0.2, 0) is 11.2 Å². The second kappa shape index (κ2) is 7.95. The molecule has 2 atom stereocenters. The van der Waals surface area contributed by atoms with Gasteiger partial charge in [-0.25, -0.2) is 0 Å². The zero-order chi connectivity index (χ0) is 15.2. The van der Waals surface area contributed by atoms with Gasteiger partial charge in [-0.3, -0.25) is 4.79 Å². The Morgan fingerprint density at radius 2 is 2.33 bits per heavy atom. The van der Waals surface area contributed by atoms with E-state index in [4.69, 9.17) is 4.74 Å². The molecule has 1 aromatic rings. The molecule has 1 aromatic carbocycles. The van der Waals surface area contributed by atoms with Gasteiger partial charge in [-0.15, -0.1) is 0 Å². The predicted octanol–water partition coefficient (Wildman–Crippen LogP) is 3.60. The summed E-state index contributed by atoms with van der Waals surface area (Å²) in [6, 6.07) is 5.78. The molecule has 0 amide bonds. The molecule has 0 aliphatic carbocycles. The third-order valence-electron chi connectivity index (χ3n) is 4.33. The quantitative estimate of drug-likeness (QED) is 0.848. The first-order chi connectivity index (χ1) is 10.1. The smallest absolute Gasteiger partial charge is 0.137 e. The van der Waals surface area contributed by atoms with Crippen molar-refractivity contribution >= 4 is 21.7 Å². The minimum atomic E-state index is 0.307. The van der Waals surface area contributed by atoms with E-state index in [1.807, 2.05) is 18.2 Å². The molecule has 2 unspecified atom stereocenters. The highest BCUT2D eigenvalue weighted by Crippen LogP contribution is 2.26. The largest absolute Gasteiger partial charge is 0.497 e. The fourth-order valence-electron chi connectivity index (χ4n) is 2.99. The molecule has 0 bridgehead atoms. The number of carbonyl (C=O) groups excluding carboxylic acids is 1. The Kier molecular flexibility index (Phi) is 6.24. The molecule has 4 heteroatoms. The molecule has 0 saturated carbocycles. The number of methoxy groups -OCH3 is 1. The average molecular weight is 354 g/mol. The van der Waals surface area contributed by atoms with Gasteiger partial charge in [-0.1, -0.05) is 22.9 Å². The summed E-state index contributed by atoms with van der Waals surface area (Å²) in [5, 5.41) is 3.43. The van der Waals surface area contributed by atoms with E-state index >= 15 is 0 Å². The molecule has 0 aromatic heterocycles. The van der Waals surface area contributed by atoms with Gasteiger partial charge in [0.25, 0.3) is 0 Å². The summed E-state index contributed by atoms with van der Waals surface area (Å²) >= 11 is 3.51. The predicted molar refractivity (Wildman–Crippen MR) is 88.8 cm³/mol. The highest BCUT2D eigenvalue weighted by Gasteiger charge is 2.22. The minimum Gasteiger partial charge on any atom is -0.497 e. The number of Topliss-reactive ketones (excluding diaryl/α,β-unsaturated/α-hetero) is 1. The Hall–Kier alpha value is -0.870. The van der Waals surface area contributed by atoms with Crippen LogP contribution in [0.25, 0.3) is 0 Å². The fraction of sp³-hybridized carbons (Fsp3) is 0.588. The normalized spacial score (nSPS) is 20.0. The molecule has 0 radical (unpaired) electrons. The minimum absolute atomic E-state index is 0.307. The van der Waals surface area contributed by atoms with E-state index in [0.717, 1.165) is 28.9 Å². The summed E-state index contributed by atoms with van der Waals surface area (Å²) in [6.07, 6.45) is 3.60. The lowest BCUT2D eigenvalue weighted by Crippen LogP contribution is -2.34. The van der Waals surface area contributed by atoms with Crippen LogP contribution in [0, 0.1) is 11.8 Å². The maximum absolute atomic E-state index is 12.3. The Bertz CT molecular complexity index is 484. The number of hydrogen-bond donors (Lipinski definition) is 1. The van der Waals surface area contributed by atoms with Crippen LogP contribution in [0.4, 0.5) is 0 Å². The van der Waals surface area contributed by atoms with Crippen molar-refractivity contribution in [1.29, 1.82) is 0 Å². The van der Waals surface area contributed by atoms with E-state index in [1.165, 1.54) is 12.8 Å². The summed E-state index contributed by atoms with van der Waals surface area (Å²) in [5.74, 6) is 2.19. The van der Waals surface area contributed by atoms with Gasteiger partial charge in [0.15, 0.2) is 0 Å². The topological polar surface area (TPSA) is 38.3 Å².